The lowest BCUT2D eigenvalue weighted by Gasteiger charge is -2.38. The van der Waals surface area contributed by atoms with Crippen molar-refractivity contribution < 1.29 is 37.5 Å². The highest BCUT2D eigenvalue weighted by Crippen LogP contribution is 2.46. The fourth-order valence-electron chi connectivity index (χ4n) is 6.26. The molecule has 1 amide bonds. The second kappa shape index (κ2) is 13.0. The van der Waals surface area contributed by atoms with Gasteiger partial charge in [0, 0.05) is 74.1 Å². The normalized spacial score (nSPS) is 19.8. The Kier molecular flexibility index (Phi) is 8.97. The van der Waals surface area contributed by atoms with Crippen LogP contribution in [-0.4, -0.2) is 70.3 Å². The Hall–Kier alpha value is -4.46. The number of nitrogens with zero attached hydrogens (tertiary/aromatic N) is 4. The highest BCUT2D eigenvalue weighted by atomic mass is 19.4. The molecule has 3 heterocycles. The van der Waals surface area contributed by atoms with E-state index in [2.05, 4.69) is 4.90 Å². The molecule has 47 heavy (non-hydrogen) atoms. The van der Waals surface area contributed by atoms with Crippen LogP contribution in [0.15, 0.2) is 79.0 Å². The number of anilines is 1. The summed E-state index contributed by atoms with van der Waals surface area (Å²) in [6, 6.07) is 20.4. The molecule has 4 aromatic rings. The van der Waals surface area contributed by atoms with Gasteiger partial charge >= 0.3 is 6.18 Å². The number of alkyl halides is 3. The van der Waals surface area contributed by atoms with Crippen molar-refractivity contribution in [2.45, 2.75) is 57.1 Å². The van der Waals surface area contributed by atoms with Crippen molar-refractivity contribution in [3.8, 4) is 0 Å². The quantitative estimate of drug-likeness (QED) is 0.172. The second-order valence-electron chi connectivity index (χ2n) is 12.0. The zero-order valence-electron chi connectivity index (χ0n) is 25.7. The Morgan fingerprint density at radius 3 is 2.28 bits per heavy atom. The van der Waals surface area contributed by atoms with E-state index in [-0.39, 0.29) is 48.8 Å². The van der Waals surface area contributed by atoms with Gasteiger partial charge in [-0.15, -0.1) is 0 Å². The number of ether oxygens (including phenoxy) is 2. The van der Waals surface area contributed by atoms with Crippen molar-refractivity contribution in [2.75, 3.05) is 31.1 Å². The van der Waals surface area contributed by atoms with Gasteiger partial charge in [0.25, 0.3) is 5.69 Å². The average Bonchev–Trinajstić information content (AvgIpc) is 3.40. The summed E-state index contributed by atoms with van der Waals surface area (Å²) < 4.78 is 56.7. The highest BCUT2D eigenvalue weighted by molar-refractivity contribution is 5.88. The molecule has 0 bridgehead atoms. The Balaban J connectivity index is 1.17. The number of aromatic nitrogens is 1. The van der Waals surface area contributed by atoms with Crippen LogP contribution in [0.25, 0.3) is 10.9 Å². The number of hydrogen-bond acceptors (Lipinski definition) is 7. The monoisotopic (exact) mass is 652 g/mol. The summed E-state index contributed by atoms with van der Waals surface area (Å²) in [5.74, 6) is -0.833. The van der Waals surface area contributed by atoms with Gasteiger partial charge < -0.3 is 28.9 Å². The molecule has 6 rings (SSSR count). The molecule has 1 unspecified atom stereocenters. The molecule has 2 aliphatic heterocycles. The van der Waals surface area contributed by atoms with Gasteiger partial charge in [-0.05, 0) is 42.7 Å². The number of piperazine rings is 1. The molecule has 248 valence electrons. The summed E-state index contributed by atoms with van der Waals surface area (Å²) in [4.78, 5) is 27.7. The summed E-state index contributed by atoms with van der Waals surface area (Å²) in [5.41, 5.74) is -1.40. The minimum atomic E-state index is -5.21. The number of hydrogen-bond donors (Lipinski definition) is 1. The minimum absolute atomic E-state index is 0.0188. The Labute approximate surface area is 269 Å². The number of benzene rings is 3. The number of carbonyl (C=O) groups excluding carboxylic acids is 1. The standard InChI is InChI=1S/C34H35F3N4O6/c1-23-46-32(47-23)14-9-24-7-10-26(11-8-24)38-15-17-39(18-16-38)31(42)20-33(43,34(35,36)37)29-22-40(21-25-5-3-2-4-6-25)30-19-27(41(44)45)12-13-28(29)30/h2-8,10-13,19,22-23,32,43H,9,14-18,20-21H2,1H3. The molecular formula is C34H35F3N4O6. The lowest BCUT2D eigenvalue weighted by molar-refractivity contribution is -0.384. The number of halogens is 3. The van der Waals surface area contributed by atoms with E-state index in [1.165, 1.54) is 21.6 Å². The zero-order chi connectivity index (χ0) is 33.3. The minimum Gasteiger partial charge on any atom is -0.376 e. The van der Waals surface area contributed by atoms with E-state index in [4.69, 9.17) is 9.47 Å². The van der Waals surface area contributed by atoms with Crippen molar-refractivity contribution in [1.82, 2.24) is 9.47 Å². The third-order valence-corrected chi connectivity index (χ3v) is 8.88. The molecule has 1 aromatic heterocycles. The molecule has 2 aliphatic rings. The van der Waals surface area contributed by atoms with Crippen LogP contribution in [0.3, 0.4) is 0 Å². The molecule has 0 aliphatic carbocycles. The number of amides is 1. The fourth-order valence-corrected chi connectivity index (χ4v) is 6.26. The molecule has 2 fully saturated rings. The van der Waals surface area contributed by atoms with Gasteiger partial charge in [0.05, 0.1) is 16.9 Å². The Bertz CT molecular complexity index is 1730. The van der Waals surface area contributed by atoms with Crippen molar-refractivity contribution in [3.05, 3.63) is 106 Å². The van der Waals surface area contributed by atoms with E-state index >= 15 is 0 Å². The maximum absolute atomic E-state index is 14.8. The molecule has 10 nitrogen and oxygen atoms in total. The van der Waals surface area contributed by atoms with Crippen LogP contribution in [0.1, 0.15) is 36.5 Å². The first-order valence-corrected chi connectivity index (χ1v) is 15.4. The first-order chi connectivity index (χ1) is 22.4. The number of nitro groups is 1. The maximum Gasteiger partial charge on any atom is 0.422 e. The van der Waals surface area contributed by atoms with E-state index in [9.17, 15) is 33.2 Å². The number of nitro benzene ring substituents is 1. The summed E-state index contributed by atoms with van der Waals surface area (Å²) in [6.45, 7) is 3.15. The first-order valence-electron chi connectivity index (χ1n) is 15.4. The molecule has 13 heteroatoms. The highest BCUT2D eigenvalue weighted by Gasteiger charge is 2.57. The van der Waals surface area contributed by atoms with Crippen LogP contribution in [0, 0.1) is 10.1 Å². The van der Waals surface area contributed by atoms with Crippen LogP contribution in [0.5, 0.6) is 0 Å². The number of non-ortho nitro benzene ring substituents is 1. The molecular weight excluding hydrogens is 617 g/mol. The molecule has 0 saturated carbocycles. The van der Waals surface area contributed by atoms with E-state index in [0.29, 0.717) is 13.1 Å². The summed E-state index contributed by atoms with van der Waals surface area (Å²) in [7, 11) is 0. The number of aliphatic hydroxyl groups is 1. The summed E-state index contributed by atoms with van der Waals surface area (Å²) in [5, 5.41) is 22.9. The van der Waals surface area contributed by atoms with Crippen LogP contribution in [0.4, 0.5) is 24.5 Å². The third kappa shape index (κ3) is 6.83. The molecule has 2 saturated heterocycles. The second-order valence-corrected chi connectivity index (χ2v) is 12.0. The number of carbonyl (C=O) groups is 1. The van der Waals surface area contributed by atoms with Crippen molar-refractivity contribution >= 4 is 28.2 Å². The summed E-state index contributed by atoms with van der Waals surface area (Å²) in [6.07, 6.45) is -4.08. The van der Waals surface area contributed by atoms with Gasteiger partial charge in [0.2, 0.25) is 5.91 Å². The van der Waals surface area contributed by atoms with Gasteiger partial charge in [-0.3, -0.25) is 14.9 Å². The molecule has 1 atom stereocenters. The van der Waals surface area contributed by atoms with E-state index in [1.807, 2.05) is 31.2 Å². The third-order valence-electron chi connectivity index (χ3n) is 8.88. The number of aryl methyl sites for hydroxylation is 1. The van der Waals surface area contributed by atoms with Crippen molar-refractivity contribution in [3.63, 3.8) is 0 Å². The molecule has 3 aromatic carbocycles. The SMILES string of the molecule is CC1OC(CCc2ccc(N3CCN(C(=O)CC(O)(c4cn(Cc5ccccc5)c5cc([N+](=O)[O-])ccc45)C(F)(F)F)CC3)cc2)O1. The maximum atomic E-state index is 14.8. The smallest absolute Gasteiger partial charge is 0.376 e. The molecule has 0 spiro atoms. The van der Waals surface area contributed by atoms with Crippen LogP contribution >= 0.6 is 0 Å². The van der Waals surface area contributed by atoms with E-state index in [1.54, 1.807) is 30.3 Å². The predicted octanol–water partition coefficient (Wildman–Crippen LogP) is 5.74. The van der Waals surface area contributed by atoms with Crippen molar-refractivity contribution in [1.29, 1.82) is 0 Å². The summed E-state index contributed by atoms with van der Waals surface area (Å²) >= 11 is 0. The Morgan fingerprint density at radius 1 is 0.979 bits per heavy atom. The van der Waals surface area contributed by atoms with Gasteiger partial charge in [0.1, 0.15) is 0 Å². The van der Waals surface area contributed by atoms with Gasteiger partial charge in [0.15, 0.2) is 18.2 Å². The topological polar surface area (TPSA) is 110 Å². The van der Waals surface area contributed by atoms with Gasteiger partial charge in [-0.2, -0.15) is 13.2 Å². The van der Waals surface area contributed by atoms with Crippen LogP contribution in [-0.2, 0) is 32.8 Å². The van der Waals surface area contributed by atoms with E-state index < -0.39 is 34.6 Å². The van der Waals surface area contributed by atoms with Crippen molar-refractivity contribution in [2.24, 2.45) is 0 Å². The largest absolute Gasteiger partial charge is 0.422 e. The van der Waals surface area contributed by atoms with Crippen LogP contribution in [0.2, 0.25) is 0 Å². The predicted molar refractivity (Wildman–Crippen MR) is 168 cm³/mol. The number of rotatable bonds is 10. The Morgan fingerprint density at radius 2 is 1.66 bits per heavy atom. The molecule has 0 radical (unpaired) electrons. The zero-order valence-corrected chi connectivity index (χ0v) is 25.7. The average molecular weight is 653 g/mol. The van der Waals surface area contributed by atoms with Crippen LogP contribution < -0.4 is 4.90 Å². The molecule has 1 N–H and O–H groups in total. The first kappa shape index (κ1) is 32.5. The van der Waals surface area contributed by atoms with E-state index in [0.717, 1.165) is 41.9 Å². The number of fused-ring (bicyclic) bond motifs is 1. The van der Waals surface area contributed by atoms with Gasteiger partial charge in [-0.1, -0.05) is 42.5 Å². The fraction of sp³-hybridized carbons (Fsp3) is 0.382. The van der Waals surface area contributed by atoms with Gasteiger partial charge in [-0.25, -0.2) is 0 Å². The lowest BCUT2D eigenvalue weighted by Crippen LogP contribution is -2.52. The lowest BCUT2D eigenvalue weighted by atomic mass is 9.88.